The molecule has 0 atom stereocenters. The molecule has 1 fully saturated rings. The van der Waals surface area contributed by atoms with Gasteiger partial charge in [-0.25, -0.2) is 4.98 Å². The molecule has 0 aliphatic carbocycles. The predicted octanol–water partition coefficient (Wildman–Crippen LogP) is 4.48. The first-order valence-corrected chi connectivity index (χ1v) is 12.0. The number of rotatable bonds is 7. The number of thiazole rings is 1. The molecule has 0 bridgehead atoms. The highest BCUT2D eigenvalue weighted by Crippen LogP contribution is 2.38. The standard InChI is InChI=1S/C24H28ClN3O3S/c1-16-4-5-17(2)18(14-16)15-21(29)28(9-8-27-10-12-31-13-11-27)24-26-22-20(30-3)7-6-19(25)23(22)32-24/h4-7,14H,8-13,15H2,1-3H3. The van der Waals surface area contributed by atoms with Crippen molar-refractivity contribution in [1.29, 1.82) is 0 Å². The van der Waals surface area contributed by atoms with Gasteiger partial charge in [0.15, 0.2) is 5.13 Å². The maximum absolute atomic E-state index is 13.6. The number of halogens is 1. The Kier molecular flexibility index (Phi) is 7.30. The van der Waals surface area contributed by atoms with Crippen LogP contribution in [0, 0.1) is 13.8 Å². The number of benzene rings is 2. The third-order valence-electron chi connectivity index (χ3n) is 5.79. The molecule has 1 aliphatic rings. The van der Waals surface area contributed by atoms with Gasteiger partial charge in [0.25, 0.3) is 0 Å². The third-order valence-corrected chi connectivity index (χ3v) is 7.33. The first-order valence-electron chi connectivity index (χ1n) is 10.8. The van der Waals surface area contributed by atoms with Gasteiger partial charge < -0.3 is 9.47 Å². The molecule has 2 aromatic carbocycles. The Balaban J connectivity index is 1.65. The summed E-state index contributed by atoms with van der Waals surface area (Å²) in [5.74, 6) is 0.683. The summed E-state index contributed by atoms with van der Waals surface area (Å²) in [6.07, 6.45) is 0.331. The second-order valence-electron chi connectivity index (χ2n) is 8.03. The van der Waals surface area contributed by atoms with E-state index >= 15 is 0 Å². The van der Waals surface area contributed by atoms with Gasteiger partial charge in [0, 0.05) is 26.2 Å². The fourth-order valence-electron chi connectivity index (χ4n) is 3.86. The van der Waals surface area contributed by atoms with E-state index in [1.807, 2.05) is 19.9 Å². The minimum atomic E-state index is 0.0288. The van der Waals surface area contributed by atoms with Gasteiger partial charge in [0.2, 0.25) is 5.91 Å². The Labute approximate surface area is 197 Å². The lowest BCUT2D eigenvalue weighted by molar-refractivity contribution is -0.118. The minimum absolute atomic E-state index is 0.0288. The lowest BCUT2D eigenvalue weighted by Crippen LogP contribution is -2.43. The Morgan fingerprint density at radius 3 is 2.78 bits per heavy atom. The molecule has 0 N–H and O–H groups in total. The molecular weight excluding hydrogens is 446 g/mol. The number of methoxy groups -OCH3 is 1. The van der Waals surface area contributed by atoms with E-state index in [1.165, 1.54) is 11.3 Å². The molecule has 1 amide bonds. The van der Waals surface area contributed by atoms with Crippen LogP contribution in [0.1, 0.15) is 16.7 Å². The normalized spacial score (nSPS) is 14.6. The molecule has 2 heterocycles. The zero-order valence-corrected chi connectivity index (χ0v) is 20.3. The first-order chi connectivity index (χ1) is 15.5. The molecule has 32 heavy (non-hydrogen) atoms. The van der Waals surface area contributed by atoms with Crippen LogP contribution in [0.5, 0.6) is 5.75 Å². The van der Waals surface area contributed by atoms with E-state index in [0.717, 1.165) is 54.2 Å². The van der Waals surface area contributed by atoms with Gasteiger partial charge >= 0.3 is 0 Å². The van der Waals surface area contributed by atoms with Crippen molar-refractivity contribution in [1.82, 2.24) is 9.88 Å². The van der Waals surface area contributed by atoms with E-state index in [1.54, 1.807) is 18.1 Å². The van der Waals surface area contributed by atoms with Crippen LogP contribution in [0.2, 0.25) is 5.02 Å². The average Bonchev–Trinajstić information content (AvgIpc) is 3.23. The lowest BCUT2D eigenvalue weighted by atomic mass is 10.0. The molecule has 0 radical (unpaired) electrons. The number of morpholine rings is 1. The van der Waals surface area contributed by atoms with Crippen LogP contribution in [0.3, 0.4) is 0 Å². The average molecular weight is 474 g/mol. The number of carbonyl (C=O) groups is 1. The Morgan fingerprint density at radius 2 is 2.03 bits per heavy atom. The molecule has 1 aromatic heterocycles. The quantitative estimate of drug-likeness (QED) is 0.506. The number of carbonyl (C=O) groups excluding carboxylic acids is 1. The zero-order valence-electron chi connectivity index (χ0n) is 18.7. The van der Waals surface area contributed by atoms with Crippen molar-refractivity contribution in [2.24, 2.45) is 0 Å². The van der Waals surface area contributed by atoms with Crippen LogP contribution < -0.4 is 9.64 Å². The van der Waals surface area contributed by atoms with E-state index in [2.05, 4.69) is 23.1 Å². The molecule has 8 heteroatoms. The highest BCUT2D eigenvalue weighted by Gasteiger charge is 2.24. The Morgan fingerprint density at radius 1 is 1.25 bits per heavy atom. The third kappa shape index (κ3) is 5.07. The van der Waals surface area contributed by atoms with Crippen LogP contribution in [0.4, 0.5) is 5.13 Å². The van der Waals surface area contributed by atoms with Crippen molar-refractivity contribution in [3.05, 3.63) is 52.0 Å². The van der Waals surface area contributed by atoms with Gasteiger partial charge in [0.1, 0.15) is 11.3 Å². The largest absolute Gasteiger partial charge is 0.494 e. The molecule has 170 valence electrons. The number of amides is 1. The summed E-state index contributed by atoms with van der Waals surface area (Å²) in [6, 6.07) is 9.84. The summed E-state index contributed by atoms with van der Waals surface area (Å²) in [5, 5.41) is 1.26. The molecule has 4 rings (SSSR count). The van der Waals surface area contributed by atoms with Crippen LogP contribution in [-0.4, -0.2) is 62.3 Å². The maximum atomic E-state index is 13.6. The molecule has 3 aromatic rings. The number of fused-ring (bicyclic) bond motifs is 1. The number of hydrogen-bond acceptors (Lipinski definition) is 6. The van der Waals surface area contributed by atoms with Gasteiger partial charge in [-0.3, -0.25) is 14.6 Å². The number of nitrogens with zero attached hydrogens (tertiary/aromatic N) is 3. The summed E-state index contributed by atoms with van der Waals surface area (Å²) in [7, 11) is 1.61. The van der Waals surface area contributed by atoms with E-state index in [9.17, 15) is 4.79 Å². The summed E-state index contributed by atoms with van der Waals surface area (Å²) < 4.78 is 11.8. The molecule has 6 nitrogen and oxygen atoms in total. The van der Waals surface area contributed by atoms with E-state index in [-0.39, 0.29) is 5.91 Å². The van der Waals surface area contributed by atoms with Crippen LogP contribution in [0.15, 0.2) is 30.3 Å². The highest BCUT2D eigenvalue weighted by molar-refractivity contribution is 7.23. The van der Waals surface area contributed by atoms with Crippen LogP contribution in [0.25, 0.3) is 10.2 Å². The molecular formula is C24H28ClN3O3S. The van der Waals surface area contributed by atoms with Crippen molar-refractivity contribution >= 4 is 44.2 Å². The van der Waals surface area contributed by atoms with Crippen molar-refractivity contribution in [3.8, 4) is 5.75 Å². The van der Waals surface area contributed by atoms with Gasteiger partial charge in [-0.2, -0.15) is 0 Å². The number of anilines is 1. The van der Waals surface area contributed by atoms with Crippen molar-refractivity contribution in [2.45, 2.75) is 20.3 Å². The molecule has 0 spiro atoms. The number of aryl methyl sites for hydroxylation is 2. The molecule has 0 unspecified atom stereocenters. The fourth-order valence-corrected chi connectivity index (χ4v) is 5.16. The second kappa shape index (κ2) is 10.2. The molecule has 1 aliphatic heterocycles. The minimum Gasteiger partial charge on any atom is -0.494 e. The topological polar surface area (TPSA) is 54.9 Å². The van der Waals surface area contributed by atoms with Gasteiger partial charge in [0.05, 0.1) is 36.5 Å². The van der Waals surface area contributed by atoms with Crippen molar-refractivity contribution in [2.75, 3.05) is 51.4 Å². The predicted molar refractivity (Wildman–Crippen MR) is 130 cm³/mol. The highest BCUT2D eigenvalue weighted by atomic mass is 35.5. The monoisotopic (exact) mass is 473 g/mol. The van der Waals surface area contributed by atoms with Gasteiger partial charge in [-0.15, -0.1) is 0 Å². The van der Waals surface area contributed by atoms with Crippen LogP contribution >= 0.6 is 22.9 Å². The fraction of sp³-hybridized carbons (Fsp3) is 0.417. The van der Waals surface area contributed by atoms with E-state index in [4.69, 9.17) is 26.1 Å². The zero-order chi connectivity index (χ0) is 22.7. The summed E-state index contributed by atoms with van der Waals surface area (Å²) in [4.78, 5) is 22.5. The second-order valence-corrected chi connectivity index (χ2v) is 9.41. The smallest absolute Gasteiger partial charge is 0.233 e. The van der Waals surface area contributed by atoms with Gasteiger partial charge in [-0.05, 0) is 37.1 Å². The SMILES string of the molecule is COc1ccc(Cl)c2sc(N(CCN3CCOCC3)C(=O)Cc3cc(C)ccc3C)nc12. The molecule has 0 saturated carbocycles. The van der Waals surface area contributed by atoms with E-state index < -0.39 is 0 Å². The van der Waals surface area contributed by atoms with Gasteiger partial charge in [-0.1, -0.05) is 46.7 Å². The van der Waals surface area contributed by atoms with Crippen LogP contribution in [-0.2, 0) is 16.0 Å². The Hall–Kier alpha value is -2.19. The summed E-state index contributed by atoms with van der Waals surface area (Å²) in [5.41, 5.74) is 4.00. The Bertz CT molecular complexity index is 1110. The number of ether oxygens (including phenoxy) is 2. The van der Waals surface area contributed by atoms with E-state index in [0.29, 0.717) is 34.4 Å². The van der Waals surface area contributed by atoms with Crippen molar-refractivity contribution in [3.63, 3.8) is 0 Å². The lowest BCUT2D eigenvalue weighted by Gasteiger charge is -2.29. The molecule has 1 saturated heterocycles. The number of hydrogen-bond donors (Lipinski definition) is 0. The first kappa shape index (κ1) is 23.0. The maximum Gasteiger partial charge on any atom is 0.233 e. The van der Waals surface area contributed by atoms with Crippen molar-refractivity contribution < 1.29 is 14.3 Å². The number of aromatic nitrogens is 1. The summed E-state index contributed by atoms with van der Waals surface area (Å²) in [6.45, 7) is 8.62. The summed E-state index contributed by atoms with van der Waals surface area (Å²) >= 11 is 7.87.